The number of alkyl halides is 1. The van der Waals surface area contributed by atoms with Gasteiger partial charge >= 0.3 is 0 Å². The number of halogens is 1. The molecular weight excluding hydrogens is 258 g/mol. The average molecular weight is 280 g/mol. The number of fused-ring (bicyclic) bond motifs is 1. The Bertz CT molecular complexity index is 433. The fourth-order valence-corrected chi connectivity index (χ4v) is 3.07. The summed E-state index contributed by atoms with van der Waals surface area (Å²) >= 11 is 6.15. The molecule has 0 aromatic heterocycles. The molecule has 0 saturated carbocycles. The van der Waals surface area contributed by atoms with Crippen LogP contribution in [0.2, 0.25) is 0 Å². The summed E-state index contributed by atoms with van der Waals surface area (Å²) in [6, 6.07) is 8.29. The van der Waals surface area contributed by atoms with Gasteiger partial charge in [0, 0.05) is 6.54 Å². The summed E-state index contributed by atoms with van der Waals surface area (Å²) in [6.45, 7) is 2.68. The fourth-order valence-electron chi connectivity index (χ4n) is 2.78. The normalized spacial score (nSPS) is 19.6. The number of aryl methyl sites for hydroxylation is 1. The van der Waals surface area contributed by atoms with E-state index in [0.29, 0.717) is 6.54 Å². The molecule has 1 N–H and O–H groups in total. The molecule has 0 bridgehead atoms. The fraction of sp³-hybridized carbons (Fsp3) is 0.562. The highest BCUT2D eigenvalue weighted by Crippen LogP contribution is 2.31. The van der Waals surface area contributed by atoms with Crippen molar-refractivity contribution in [2.45, 2.75) is 50.3 Å². The lowest BCUT2D eigenvalue weighted by atomic mass is 9.82. The highest BCUT2D eigenvalue weighted by Gasteiger charge is 2.26. The van der Waals surface area contributed by atoms with Gasteiger partial charge in [-0.05, 0) is 36.8 Å². The van der Waals surface area contributed by atoms with E-state index in [9.17, 15) is 4.79 Å². The lowest BCUT2D eigenvalue weighted by Gasteiger charge is -2.25. The molecule has 2 unspecified atom stereocenters. The molecule has 0 aliphatic heterocycles. The summed E-state index contributed by atoms with van der Waals surface area (Å²) in [5, 5.41) is 3.06. The van der Waals surface area contributed by atoms with Crippen molar-refractivity contribution in [3.63, 3.8) is 0 Å². The van der Waals surface area contributed by atoms with E-state index < -0.39 is 0 Å². The van der Waals surface area contributed by atoms with Gasteiger partial charge in [0.2, 0.25) is 5.91 Å². The van der Waals surface area contributed by atoms with Crippen molar-refractivity contribution in [1.29, 1.82) is 0 Å². The van der Waals surface area contributed by atoms with E-state index in [1.807, 2.05) is 6.07 Å². The van der Waals surface area contributed by atoms with Crippen molar-refractivity contribution >= 4 is 17.5 Å². The van der Waals surface area contributed by atoms with Gasteiger partial charge in [-0.1, -0.05) is 37.6 Å². The van der Waals surface area contributed by atoms with Crippen LogP contribution in [0.1, 0.15) is 49.7 Å². The van der Waals surface area contributed by atoms with Crippen LogP contribution in [0, 0.1) is 0 Å². The van der Waals surface area contributed by atoms with Gasteiger partial charge in [0.1, 0.15) is 0 Å². The van der Waals surface area contributed by atoms with E-state index in [2.05, 4.69) is 30.4 Å². The highest BCUT2D eigenvalue weighted by atomic mass is 35.5. The van der Waals surface area contributed by atoms with Gasteiger partial charge in [-0.2, -0.15) is 0 Å². The van der Waals surface area contributed by atoms with Crippen LogP contribution in [-0.4, -0.2) is 17.8 Å². The zero-order valence-electron chi connectivity index (χ0n) is 11.5. The monoisotopic (exact) mass is 279 g/mol. The highest BCUT2D eigenvalue weighted by molar-refractivity contribution is 6.20. The Kier molecular flexibility index (Phi) is 5.26. The summed E-state index contributed by atoms with van der Waals surface area (Å²) < 4.78 is 0. The van der Waals surface area contributed by atoms with Crippen molar-refractivity contribution in [3.05, 3.63) is 35.4 Å². The van der Waals surface area contributed by atoms with Crippen LogP contribution in [0.25, 0.3) is 0 Å². The van der Waals surface area contributed by atoms with E-state index in [1.54, 1.807) is 0 Å². The molecule has 2 nitrogen and oxygen atoms in total. The Labute approximate surface area is 120 Å². The maximum absolute atomic E-state index is 12.3. The number of hydrogen-bond donors (Lipinski definition) is 1. The van der Waals surface area contributed by atoms with Crippen LogP contribution in [0.4, 0.5) is 0 Å². The maximum Gasteiger partial charge on any atom is 0.227 e. The van der Waals surface area contributed by atoms with Gasteiger partial charge in [-0.15, -0.1) is 11.6 Å². The first kappa shape index (κ1) is 14.4. The van der Waals surface area contributed by atoms with Crippen LogP contribution in [0.5, 0.6) is 0 Å². The molecule has 2 atom stereocenters. The van der Waals surface area contributed by atoms with Gasteiger partial charge in [0.15, 0.2) is 0 Å². The van der Waals surface area contributed by atoms with Gasteiger partial charge in [0.25, 0.3) is 0 Å². The van der Waals surface area contributed by atoms with Crippen molar-refractivity contribution in [1.82, 2.24) is 5.32 Å². The quantitative estimate of drug-likeness (QED) is 0.820. The molecular formula is C16H22ClNO. The smallest absolute Gasteiger partial charge is 0.227 e. The minimum Gasteiger partial charge on any atom is -0.354 e. The number of amides is 1. The average Bonchev–Trinajstić information content (AvgIpc) is 2.44. The molecule has 1 aromatic rings. The molecule has 2 rings (SSSR count). The molecule has 0 spiro atoms. The second-order valence-electron chi connectivity index (χ2n) is 5.27. The summed E-state index contributed by atoms with van der Waals surface area (Å²) in [7, 11) is 0. The molecule has 0 radical (unpaired) electrons. The SMILES string of the molecule is CCCC(Cl)CNC(=O)C1CCCc2ccccc21. The van der Waals surface area contributed by atoms with Crippen molar-refractivity contribution < 1.29 is 4.79 Å². The minimum absolute atomic E-state index is 0.00967. The van der Waals surface area contributed by atoms with E-state index in [4.69, 9.17) is 11.6 Å². The van der Waals surface area contributed by atoms with E-state index in [0.717, 1.165) is 32.1 Å². The second kappa shape index (κ2) is 6.95. The molecule has 1 aliphatic rings. The van der Waals surface area contributed by atoms with Crippen LogP contribution >= 0.6 is 11.6 Å². The lowest BCUT2D eigenvalue weighted by molar-refractivity contribution is -0.122. The molecule has 1 aromatic carbocycles. The minimum atomic E-state index is 0.00967. The lowest BCUT2D eigenvalue weighted by Crippen LogP contribution is -2.35. The van der Waals surface area contributed by atoms with Crippen LogP contribution in [-0.2, 0) is 11.2 Å². The molecule has 104 valence electrons. The number of nitrogens with one attached hydrogen (secondary N) is 1. The molecule has 0 heterocycles. The summed E-state index contributed by atoms with van der Waals surface area (Å²) in [4.78, 5) is 12.3. The predicted molar refractivity (Wildman–Crippen MR) is 79.7 cm³/mol. The van der Waals surface area contributed by atoms with Crippen molar-refractivity contribution in [2.75, 3.05) is 6.54 Å². The van der Waals surface area contributed by atoms with E-state index in [1.165, 1.54) is 11.1 Å². The predicted octanol–water partition coefficient (Wildman–Crippen LogP) is 3.63. The van der Waals surface area contributed by atoms with Gasteiger partial charge in [-0.25, -0.2) is 0 Å². The molecule has 0 saturated heterocycles. The molecule has 0 fully saturated rings. The molecule has 1 amide bonds. The van der Waals surface area contributed by atoms with E-state index in [-0.39, 0.29) is 17.2 Å². The molecule has 1 aliphatic carbocycles. The van der Waals surface area contributed by atoms with Crippen LogP contribution < -0.4 is 5.32 Å². The largest absolute Gasteiger partial charge is 0.354 e. The summed E-state index contributed by atoms with van der Waals surface area (Å²) in [6.07, 6.45) is 5.13. The van der Waals surface area contributed by atoms with Gasteiger partial charge in [-0.3, -0.25) is 4.79 Å². The van der Waals surface area contributed by atoms with Crippen molar-refractivity contribution in [3.8, 4) is 0 Å². The standard InChI is InChI=1S/C16H22ClNO/c1-2-6-13(17)11-18-16(19)15-10-5-8-12-7-3-4-9-14(12)15/h3-4,7,9,13,15H,2,5-6,8,10-11H2,1H3,(H,18,19). The van der Waals surface area contributed by atoms with Crippen molar-refractivity contribution in [2.24, 2.45) is 0 Å². The third-order valence-corrected chi connectivity index (χ3v) is 4.16. The third-order valence-electron chi connectivity index (χ3n) is 3.79. The maximum atomic E-state index is 12.3. The number of rotatable bonds is 5. The first-order chi connectivity index (χ1) is 9.22. The zero-order valence-corrected chi connectivity index (χ0v) is 12.2. The van der Waals surface area contributed by atoms with Gasteiger partial charge in [0.05, 0.1) is 11.3 Å². The number of hydrogen-bond acceptors (Lipinski definition) is 1. The Morgan fingerprint density at radius 3 is 3.05 bits per heavy atom. The third kappa shape index (κ3) is 3.73. The van der Waals surface area contributed by atoms with Gasteiger partial charge < -0.3 is 5.32 Å². The van der Waals surface area contributed by atoms with Crippen LogP contribution in [0.3, 0.4) is 0 Å². The van der Waals surface area contributed by atoms with Crippen LogP contribution in [0.15, 0.2) is 24.3 Å². The Morgan fingerprint density at radius 1 is 1.47 bits per heavy atom. The molecule has 19 heavy (non-hydrogen) atoms. The Morgan fingerprint density at radius 2 is 2.26 bits per heavy atom. The molecule has 3 heteroatoms. The summed E-state index contributed by atoms with van der Waals surface area (Å²) in [5.41, 5.74) is 2.53. The summed E-state index contributed by atoms with van der Waals surface area (Å²) in [5.74, 6) is 0.143. The first-order valence-corrected chi connectivity index (χ1v) is 7.65. The number of carbonyl (C=O) groups excluding carboxylic acids is 1. The topological polar surface area (TPSA) is 29.1 Å². The zero-order chi connectivity index (χ0) is 13.7. The number of carbonyl (C=O) groups is 1. The number of benzene rings is 1. The first-order valence-electron chi connectivity index (χ1n) is 7.22. The second-order valence-corrected chi connectivity index (χ2v) is 5.89. The van der Waals surface area contributed by atoms with E-state index >= 15 is 0 Å². The Balaban J connectivity index is 1.97. The Hall–Kier alpha value is -1.02.